The third-order valence-electron chi connectivity index (χ3n) is 5.54. The van der Waals surface area contributed by atoms with Crippen LogP contribution in [0.4, 0.5) is 11.4 Å². The first-order chi connectivity index (χ1) is 16.3. The number of anilines is 2. The van der Waals surface area contributed by atoms with E-state index in [-0.39, 0.29) is 16.3 Å². The van der Waals surface area contributed by atoms with E-state index < -0.39 is 15.9 Å². The fraction of sp³-hybridized carbons (Fsp3) is 0.125. The highest BCUT2D eigenvalue weighted by atomic mass is 35.5. The molecular formula is C24H18Cl2N4O3S. The molecule has 1 aliphatic rings. The van der Waals surface area contributed by atoms with Crippen molar-refractivity contribution < 1.29 is 13.2 Å². The average molecular weight is 513 g/mol. The molecule has 2 aromatic carbocycles. The summed E-state index contributed by atoms with van der Waals surface area (Å²) in [5.41, 5.74) is 4.00. The summed E-state index contributed by atoms with van der Waals surface area (Å²) < 4.78 is 25.7. The molecule has 1 saturated heterocycles. The maximum Gasteiger partial charge on any atom is 0.257 e. The van der Waals surface area contributed by atoms with Crippen LogP contribution in [0.2, 0.25) is 10.0 Å². The zero-order valence-corrected chi connectivity index (χ0v) is 20.0. The van der Waals surface area contributed by atoms with Crippen LogP contribution >= 0.6 is 23.2 Å². The lowest BCUT2D eigenvalue weighted by Crippen LogP contribution is -2.25. The monoisotopic (exact) mass is 512 g/mol. The summed E-state index contributed by atoms with van der Waals surface area (Å²) in [6, 6.07) is 17.1. The summed E-state index contributed by atoms with van der Waals surface area (Å²) in [4.78, 5) is 21.8. The van der Waals surface area contributed by atoms with Crippen LogP contribution in [-0.2, 0) is 10.0 Å². The van der Waals surface area contributed by atoms with Gasteiger partial charge in [-0.15, -0.1) is 0 Å². The third-order valence-corrected chi connectivity index (χ3v) is 8.05. The van der Waals surface area contributed by atoms with Gasteiger partial charge < -0.3 is 5.32 Å². The van der Waals surface area contributed by atoms with Crippen LogP contribution in [0.1, 0.15) is 16.8 Å². The Morgan fingerprint density at radius 1 is 0.971 bits per heavy atom. The van der Waals surface area contributed by atoms with Gasteiger partial charge in [-0.05, 0) is 67.1 Å². The molecule has 0 spiro atoms. The predicted octanol–water partition coefficient (Wildman–Crippen LogP) is 5.40. The second kappa shape index (κ2) is 8.87. The van der Waals surface area contributed by atoms with E-state index in [1.807, 2.05) is 24.3 Å². The van der Waals surface area contributed by atoms with E-state index in [0.717, 1.165) is 11.0 Å². The van der Waals surface area contributed by atoms with Gasteiger partial charge in [-0.25, -0.2) is 13.4 Å². The van der Waals surface area contributed by atoms with E-state index in [9.17, 15) is 13.2 Å². The second-order valence-electron chi connectivity index (χ2n) is 7.79. The minimum atomic E-state index is -3.34. The number of carbonyl (C=O) groups is 1. The lowest BCUT2D eigenvalue weighted by Gasteiger charge is -2.18. The van der Waals surface area contributed by atoms with Crippen molar-refractivity contribution >= 4 is 61.5 Å². The summed E-state index contributed by atoms with van der Waals surface area (Å²) in [6.07, 6.45) is 2.26. The quantitative estimate of drug-likeness (QED) is 0.395. The van der Waals surface area contributed by atoms with E-state index in [1.54, 1.807) is 30.5 Å². The molecule has 0 saturated carbocycles. The van der Waals surface area contributed by atoms with Gasteiger partial charge in [-0.2, -0.15) is 0 Å². The molecule has 1 fully saturated rings. The van der Waals surface area contributed by atoms with Crippen molar-refractivity contribution in [2.75, 3.05) is 21.9 Å². The topological polar surface area (TPSA) is 92.3 Å². The van der Waals surface area contributed by atoms with Crippen LogP contribution in [0, 0.1) is 0 Å². The van der Waals surface area contributed by atoms with Gasteiger partial charge >= 0.3 is 0 Å². The molecule has 34 heavy (non-hydrogen) atoms. The highest BCUT2D eigenvalue weighted by molar-refractivity contribution is 7.93. The molecule has 10 heteroatoms. The number of amides is 1. The van der Waals surface area contributed by atoms with Crippen molar-refractivity contribution in [3.8, 4) is 11.3 Å². The van der Waals surface area contributed by atoms with Gasteiger partial charge in [0.05, 0.1) is 43.8 Å². The van der Waals surface area contributed by atoms with Gasteiger partial charge in [-0.3, -0.25) is 14.1 Å². The molecule has 1 N–H and O–H groups in total. The number of nitrogens with one attached hydrogen (secondary N) is 1. The normalized spacial score (nSPS) is 14.9. The molecule has 1 amide bonds. The lowest BCUT2D eigenvalue weighted by molar-refractivity contribution is 0.102. The lowest BCUT2D eigenvalue weighted by atomic mass is 10.1. The van der Waals surface area contributed by atoms with Crippen LogP contribution in [0.15, 0.2) is 66.9 Å². The molecule has 2 aromatic heterocycles. The summed E-state index contributed by atoms with van der Waals surface area (Å²) >= 11 is 12.8. The predicted molar refractivity (Wildman–Crippen MR) is 135 cm³/mol. The minimum absolute atomic E-state index is 0.105. The van der Waals surface area contributed by atoms with Gasteiger partial charge in [-0.1, -0.05) is 23.2 Å². The first-order valence-electron chi connectivity index (χ1n) is 10.4. The average Bonchev–Trinajstić information content (AvgIpc) is 3.18. The number of fused-ring (bicyclic) bond motifs is 1. The Kier molecular flexibility index (Phi) is 5.89. The molecule has 4 aromatic rings. The van der Waals surface area contributed by atoms with Crippen molar-refractivity contribution in [3.63, 3.8) is 0 Å². The number of rotatable bonds is 4. The first kappa shape index (κ1) is 22.6. The second-order valence-corrected chi connectivity index (χ2v) is 10.6. The van der Waals surface area contributed by atoms with Gasteiger partial charge in [0.1, 0.15) is 0 Å². The van der Waals surface area contributed by atoms with Gasteiger partial charge in [0.25, 0.3) is 5.91 Å². The van der Waals surface area contributed by atoms with E-state index in [1.165, 1.54) is 16.4 Å². The molecular weight excluding hydrogens is 495 g/mol. The Morgan fingerprint density at radius 3 is 2.59 bits per heavy atom. The Bertz CT molecular complexity index is 1540. The fourth-order valence-corrected chi connectivity index (χ4v) is 5.91. The fourth-order valence-electron chi connectivity index (χ4n) is 3.88. The van der Waals surface area contributed by atoms with E-state index in [4.69, 9.17) is 23.2 Å². The number of halogens is 2. The largest absolute Gasteiger partial charge is 0.322 e. The number of hydrogen-bond donors (Lipinski definition) is 1. The Balaban J connectivity index is 1.41. The van der Waals surface area contributed by atoms with Gasteiger partial charge in [0.2, 0.25) is 10.0 Å². The maximum absolute atomic E-state index is 12.9. The highest BCUT2D eigenvalue weighted by Crippen LogP contribution is 2.32. The summed E-state index contributed by atoms with van der Waals surface area (Å²) in [5.74, 6) is -0.321. The van der Waals surface area contributed by atoms with Crippen molar-refractivity contribution in [3.05, 3.63) is 82.5 Å². The van der Waals surface area contributed by atoms with E-state index >= 15 is 0 Å². The van der Waals surface area contributed by atoms with E-state index in [2.05, 4.69) is 15.3 Å². The van der Waals surface area contributed by atoms with Crippen molar-refractivity contribution in [1.82, 2.24) is 9.97 Å². The molecule has 3 heterocycles. The zero-order valence-electron chi connectivity index (χ0n) is 17.7. The number of aromatic nitrogens is 2. The zero-order chi connectivity index (χ0) is 23.9. The molecule has 1 aliphatic heterocycles. The molecule has 0 aliphatic carbocycles. The number of pyridine rings is 2. The van der Waals surface area contributed by atoms with Crippen molar-refractivity contribution in [2.45, 2.75) is 6.42 Å². The number of nitrogens with zero attached hydrogens (tertiary/aromatic N) is 3. The van der Waals surface area contributed by atoms with Crippen LogP contribution in [0.5, 0.6) is 0 Å². The smallest absolute Gasteiger partial charge is 0.257 e. The standard InChI is InChI=1S/C24H18Cl2N4O3S/c25-19-7-4-15(13-18(19)21-8-9-22-23(29-21)3-1-10-27-22)28-24(31)17-6-5-16(14-20(17)26)30-11-2-12-34(30,32)33/h1,3-10,13-14H,2,11-12H2,(H,28,31). The van der Waals surface area contributed by atoms with Gasteiger partial charge in [0.15, 0.2) is 0 Å². The summed E-state index contributed by atoms with van der Waals surface area (Å²) in [7, 11) is -3.34. The van der Waals surface area contributed by atoms with E-state index in [0.29, 0.717) is 40.6 Å². The van der Waals surface area contributed by atoms with Crippen molar-refractivity contribution in [1.29, 1.82) is 0 Å². The number of carbonyl (C=O) groups excluding carboxylic acids is 1. The molecule has 7 nitrogen and oxygen atoms in total. The number of hydrogen-bond acceptors (Lipinski definition) is 5. The summed E-state index contributed by atoms with van der Waals surface area (Å²) in [5, 5.41) is 3.48. The SMILES string of the molecule is O=C(Nc1ccc(Cl)c(-c2ccc3ncccc3n2)c1)c1ccc(N2CCCS2(=O)=O)cc1Cl. The molecule has 172 valence electrons. The van der Waals surface area contributed by atoms with Crippen LogP contribution in [-0.4, -0.2) is 36.6 Å². The number of benzene rings is 2. The number of sulfonamides is 1. The van der Waals surface area contributed by atoms with Crippen LogP contribution in [0.25, 0.3) is 22.3 Å². The highest BCUT2D eigenvalue weighted by Gasteiger charge is 2.29. The van der Waals surface area contributed by atoms with Crippen LogP contribution in [0.3, 0.4) is 0 Å². The van der Waals surface area contributed by atoms with Crippen molar-refractivity contribution in [2.24, 2.45) is 0 Å². The summed E-state index contributed by atoms with van der Waals surface area (Å²) in [6.45, 7) is 0.399. The first-order valence-corrected chi connectivity index (χ1v) is 12.8. The Hall–Kier alpha value is -3.20. The molecule has 0 radical (unpaired) electrons. The molecule has 0 bridgehead atoms. The Morgan fingerprint density at radius 2 is 1.82 bits per heavy atom. The molecule has 5 rings (SSSR count). The van der Waals surface area contributed by atoms with Gasteiger partial charge in [0, 0.05) is 24.0 Å². The third kappa shape index (κ3) is 4.32. The maximum atomic E-state index is 12.9. The van der Waals surface area contributed by atoms with Crippen LogP contribution < -0.4 is 9.62 Å². The molecule has 0 unspecified atom stereocenters. The minimum Gasteiger partial charge on any atom is -0.322 e. The molecule has 0 atom stereocenters. The Labute approximate surface area is 206 Å².